The number of halogens is 1. The summed E-state index contributed by atoms with van der Waals surface area (Å²) in [6, 6.07) is 0. The lowest BCUT2D eigenvalue weighted by atomic mass is 10.3. The highest BCUT2D eigenvalue weighted by atomic mass is 35.5. The van der Waals surface area contributed by atoms with E-state index in [2.05, 4.69) is 27.5 Å². The third-order valence-corrected chi connectivity index (χ3v) is 2.60. The summed E-state index contributed by atoms with van der Waals surface area (Å²) in [5, 5.41) is 5.59. The van der Waals surface area contributed by atoms with Gasteiger partial charge in [0.15, 0.2) is 5.82 Å². The standard InChI is InChI=1S/C12H19ClN4O3/c1-3-5-6-14-10-9(16-12(13)17-10)11(19)15-7-8(18)20-4-2/h14H,3-7H2,1-2H3,(H,15,19)(H,16,17). The first-order valence-electron chi connectivity index (χ1n) is 6.51. The summed E-state index contributed by atoms with van der Waals surface area (Å²) >= 11 is 5.76. The van der Waals surface area contributed by atoms with E-state index in [1.165, 1.54) is 0 Å². The minimum atomic E-state index is -0.494. The van der Waals surface area contributed by atoms with E-state index in [9.17, 15) is 9.59 Å². The second kappa shape index (κ2) is 8.42. The summed E-state index contributed by atoms with van der Waals surface area (Å²) < 4.78 is 4.72. The molecule has 112 valence electrons. The highest BCUT2D eigenvalue weighted by Crippen LogP contribution is 2.15. The van der Waals surface area contributed by atoms with Crippen LogP contribution in [0.25, 0.3) is 0 Å². The molecule has 1 rings (SSSR count). The normalized spacial score (nSPS) is 10.2. The number of rotatable bonds is 8. The summed E-state index contributed by atoms with van der Waals surface area (Å²) in [4.78, 5) is 29.8. The zero-order valence-electron chi connectivity index (χ0n) is 11.6. The molecule has 3 N–H and O–H groups in total. The summed E-state index contributed by atoms with van der Waals surface area (Å²) in [6.07, 6.45) is 1.98. The molecule has 0 saturated heterocycles. The van der Waals surface area contributed by atoms with Crippen LogP contribution >= 0.6 is 11.6 Å². The van der Waals surface area contributed by atoms with E-state index in [0.717, 1.165) is 12.8 Å². The van der Waals surface area contributed by atoms with Gasteiger partial charge in [0.2, 0.25) is 5.28 Å². The zero-order valence-corrected chi connectivity index (χ0v) is 12.3. The molecule has 0 unspecified atom stereocenters. The summed E-state index contributed by atoms with van der Waals surface area (Å²) in [7, 11) is 0. The van der Waals surface area contributed by atoms with Crippen LogP contribution in [-0.2, 0) is 9.53 Å². The number of amides is 1. The molecule has 0 spiro atoms. The van der Waals surface area contributed by atoms with Gasteiger partial charge in [-0.3, -0.25) is 9.59 Å². The molecule has 1 heterocycles. The minimum absolute atomic E-state index is 0.116. The number of nitrogens with zero attached hydrogens (tertiary/aromatic N) is 1. The van der Waals surface area contributed by atoms with Crippen molar-refractivity contribution in [3.63, 3.8) is 0 Å². The van der Waals surface area contributed by atoms with E-state index in [-0.39, 0.29) is 24.1 Å². The molecule has 0 aliphatic heterocycles. The molecule has 0 radical (unpaired) electrons. The van der Waals surface area contributed by atoms with Crippen molar-refractivity contribution in [2.45, 2.75) is 26.7 Å². The van der Waals surface area contributed by atoms with Crippen LogP contribution < -0.4 is 10.6 Å². The minimum Gasteiger partial charge on any atom is -0.465 e. The van der Waals surface area contributed by atoms with Gasteiger partial charge in [-0.1, -0.05) is 13.3 Å². The molecule has 0 fully saturated rings. The van der Waals surface area contributed by atoms with E-state index in [1.807, 2.05) is 0 Å². The summed E-state index contributed by atoms with van der Waals surface area (Å²) in [6.45, 7) is 4.53. The van der Waals surface area contributed by atoms with Gasteiger partial charge in [-0.2, -0.15) is 0 Å². The van der Waals surface area contributed by atoms with Gasteiger partial charge in [0, 0.05) is 6.54 Å². The Hall–Kier alpha value is -1.76. The number of carbonyl (C=O) groups is 2. The van der Waals surface area contributed by atoms with Crippen LogP contribution in [0, 0.1) is 0 Å². The molecule has 20 heavy (non-hydrogen) atoms. The maximum Gasteiger partial charge on any atom is 0.325 e. The molecular weight excluding hydrogens is 284 g/mol. The van der Waals surface area contributed by atoms with E-state index >= 15 is 0 Å². The number of unbranched alkanes of at least 4 members (excludes halogenated alkanes) is 1. The molecular formula is C12H19ClN4O3. The number of anilines is 1. The van der Waals surface area contributed by atoms with Crippen molar-refractivity contribution in [3.05, 3.63) is 11.0 Å². The van der Waals surface area contributed by atoms with Gasteiger partial charge in [0.25, 0.3) is 5.91 Å². The predicted molar refractivity (Wildman–Crippen MR) is 76.0 cm³/mol. The molecule has 1 amide bonds. The number of ether oxygens (including phenoxy) is 1. The zero-order chi connectivity index (χ0) is 15.0. The average molecular weight is 303 g/mol. The van der Waals surface area contributed by atoms with Gasteiger partial charge in [0.05, 0.1) is 6.61 Å². The molecule has 0 atom stereocenters. The Morgan fingerprint density at radius 1 is 1.40 bits per heavy atom. The monoisotopic (exact) mass is 302 g/mol. The molecule has 0 aromatic carbocycles. The largest absolute Gasteiger partial charge is 0.465 e. The topological polar surface area (TPSA) is 96.1 Å². The average Bonchev–Trinajstić information content (AvgIpc) is 2.78. The number of hydrogen-bond acceptors (Lipinski definition) is 5. The van der Waals surface area contributed by atoms with Crippen LogP contribution in [-0.4, -0.2) is 41.5 Å². The first-order chi connectivity index (χ1) is 9.58. The first-order valence-corrected chi connectivity index (χ1v) is 6.89. The first kappa shape index (κ1) is 16.3. The highest BCUT2D eigenvalue weighted by molar-refractivity contribution is 6.28. The maximum absolute atomic E-state index is 11.9. The number of aromatic nitrogens is 2. The van der Waals surface area contributed by atoms with Gasteiger partial charge < -0.3 is 20.4 Å². The van der Waals surface area contributed by atoms with Crippen LogP contribution in [0.15, 0.2) is 0 Å². The second-order valence-corrected chi connectivity index (χ2v) is 4.38. The third kappa shape index (κ3) is 5.08. The van der Waals surface area contributed by atoms with Crippen LogP contribution in [0.3, 0.4) is 0 Å². The van der Waals surface area contributed by atoms with Crippen LogP contribution in [0.5, 0.6) is 0 Å². The Morgan fingerprint density at radius 2 is 2.15 bits per heavy atom. The Bertz CT molecular complexity index is 462. The molecule has 1 aromatic rings. The number of hydrogen-bond donors (Lipinski definition) is 3. The molecule has 0 saturated carbocycles. The van der Waals surface area contributed by atoms with E-state index < -0.39 is 11.9 Å². The van der Waals surface area contributed by atoms with E-state index in [4.69, 9.17) is 16.3 Å². The maximum atomic E-state index is 11.9. The van der Waals surface area contributed by atoms with Gasteiger partial charge in [-0.25, -0.2) is 4.98 Å². The van der Waals surface area contributed by atoms with Crippen LogP contribution in [0.4, 0.5) is 5.82 Å². The van der Waals surface area contributed by atoms with Crippen LogP contribution in [0.1, 0.15) is 37.2 Å². The fourth-order valence-electron chi connectivity index (χ4n) is 1.47. The molecule has 8 heteroatoms. The van der Waals surface area contributed by atoms with Crippen molar-refractivity contribution < 1.29 is 14.3 Å². The van der Waals surface area contributed by atoms with E-state index in [1.54, 1.807) is 6.92 Å². The number of imidazole rings is 1. The van der Waals surface area contributed by atoms with Gasteiger partial charge >= 0.3 is 5.97 Å². The number of carbonyl (C=O) groups excluding carboxylic acids is 2. The Morgan fingerprint density at radius 3 is 2.80 bits per heavy atom. The summed E-state index contributed by atoms with van der Waals surface area (Å²) in [5.41, 5.74) is 0.204. The lowest BCUT2D eigenvalue weighted by molar-refractivity contribution is -0.141. The van der Waals surface area contributed by atoms with Gasteiger partial charge in [-0.05, 0) is 24.9 Å². The Labute approximate surface area is 122 Å². The SMILES string of the molecule is CCCCNc1nc(Cl)[nH]c1C(=O)NCC(=O)OCC. The number of H-pyrrole nitrogens is 1. The highest BCUT2D eigenvalue weighted by Gasteiger charge is 2.17. The molecule has 0 bridgehead atoms. The predicted octanol–water partition coefficient (Wildman–Crippen LogP) is 1.57. The molecule has 7 nitrogen and oxygen atoms in total. The lowest BCUT2D eigenvalue weighted by Gasteiger charge is -2.06. The smallest absolute Gasteiger partial charge is 0.325 e. The number of aromatic amines is 1. The summed E-state index contributed by atoms with van der Waals surface area (Å²) in [5.74, 6) is -0.576. The van der Waals surface area contributed by atoms with Gasteiger partial charge in [0.1, 0.15) is 12.2 Å². The molecule has 0 aliphatic rings. The van der Waals surface area contributed by atoms with Crippen molar-refractivity contribution in [3.8, 4) is 0 Å². The second-order valence-electron chi connectivity index (χ2n) is 4.02. The van der Waals surface area contributed by atoms with Crippen molar-refractivity contribution in [2.75, 3.05) is 25.0 Å². The Kier molecular flexibility index (Phi) is 6.86. The Balaban J connectivity index is 2.60. The van der Waals surface area contributed by atoms with Crippen molar-refractivity contribution >= 4 is 29.3 Å². The van der Waals surface area contributed by atoms with E-state index in [0.29, 0.717) is 12.4 Å². The third-order valence-electron chi connectivity index (χ3n) is 2.42. The van der Waals surface area contributed by atoms with Crippen molar-refractivity contribution in [1.29, 1.82) is 0 Å². The fraction of sp³-hybridized carbons (Fsp3) is 0.583. The lowest BCUT2D eigenvalue weighted by Crippen LogP contribution is -2.31. The number of nitrogens with one attached hydrogen (secondary N) is 3. The molecule has 1 aromatic heterocycles. The fourth-order valence-corrected chi connectivity index (χ4v) is 1.65. The number of esters is 1. The van der Waals surface area contributed by atoms with Crippen molar-refractivity contribution in [2.24, 2.45) is 0 Å². The van der Waals surface area contributed by atoms with Gasteiger partial charge in [-0.15, -0.1) is 0 Å². The quantitative estimate of drug-likeness (QED) is 0.500. The van der Waals surface area contributed by atoms with Crippen LogP contribution in [0.2, 0.25) is 5.28 Å². The van der Waals surface area contributed by atoms with Crippen molar-refractivity contribution in [1.82, 2.24) is 15.3 Å². The molecule has 0 aliphatic carbocycles.